The van der Waals surface area contributed by atoms with Gasteiger partial charge in [0.1, 0.15) is 11.5 Å². The van der Waals surface area contributed by atoms with Crippen LogP contribution in [0.3, 0.4) is 0 Å². The number of ether oxygens (including phenoxy) is 2. The highest BCUT2D eigenvalue weighted by Gasteiger charge is 2.10. The second-order valence-electron chi connectivity index (χ2n) is 4.32. The molecular formula is C15H15FN2O3S. The van der Waals surface area contributed by atoms with Gasteiger partial charge in [-0.2, -0.15) is 9.49 Å². The van der Waals surface area contributed by atoms with Gasteiger partial charge in [0.15, 0.2) is 5.13 Å². The van der Waals surface area contributed by atoms with Crippen molar-refractivity contribution >= 4 is 23.5 Å². The van der Waals surface area contributed by atoms with Gasteiger partial charge < -0.3 is 9.47 Å². The summed E-state index contributed by atoms with van der Waals surface area (Å²) in [6.45, 7) is 1.86. The number of nitrogens with one attached hydrogen (secondary N) is 1. The summed E-state index contributed by atoms with van der Waals surface area (Å²) in [5.41, 5.74) is 3.87. The van der Waals surface area contributed by atoms with Crippen molar-refractivity contribution in [2.24, 2.45) is 5.10 Å². The van der Waals surface area contributed by atoms with E-state index in [4.69, 9.17) is 9.47 Å². The lowest BCUT2D eigenvalue weighted by atomic mass is 10.1. The quantitative estimate of drug-likeness (QED) is 0.680. The Morgan fingerprint density at radius 1 is 1.27 bits per heavy atom. The molecule has 0 aliphatic rings. The minimum atomic E-state index is -0.464. The first-order valence-electron chi connectivity index (χ1n) is 6.37. The van der Waals surface area contributed by atoms with E-state index in [9.17, 15) is 9.18 Å². The molecule has 0 aliphatic heterocycles. The fourth-order valence-corrected chi connectivity index (χ4v) is 2.56. The fraction of sp³-hybridized carbons (Fsp3) is 0.200. The monoisotopic (exact) mass is 322 g/mol. The zero-order chi connectivity index (χ0) is 16.1. The number of benzene rings is 1. The van der Waals surface area contributed by atoms with Crippen LogP contribution >= 0.6 is 11.3 Å². The van der Waals surface area contributed by atoms with Crippen LogP contribution in [-0.2, 0) is 0 Å². The van der Waals surface area contributed by atoms with Crippen molar-refractivity contribution in [3.8, 4) is 11.5 Å². The van der Waals surface area contributed by atoms with Crippen LogP contribution in [0.15, 0.2) is 29.4 Å². The molecule has 0 bridgehead atoms. The molecule has 2 rings (SSSR count). The zero-order valence-corrected chi connectivity index (χ0v) is 13.2. The van der Waals surface area contributed by atoms with E-state index in [1.54, 1.807) is 26.4 Å². The molecule has 0 spiro atoms. The van der Waals surface area contributed by atoms with Crippen LogP contribution in [0, 0.1) is 12.1 Å². The van der Waals surface area contributed by atoms with E-state index in [1.165, 1.54) is 18.3 Å². The van der Waals surface area contributed by atoms with Crippen LogP contribution in [0.4, 0.5) is 4.39 Å². The van der Waals surface area contributed by atoms with Gasteiger partial charge in [0.2, 0.25) is 0 Å². The molecule has 0 aliphatic carbocycles. The van der Waals surface area contributed by atoms with Crippen molar-refractivity contribution < 1.29 is 18.7 Å². The number of thiophene rings is 1. The van der Waals surface area contributed by atoms with Crippen LogP contribution in [-0.4, -0.2) is 26.3 Å². The summed E-state index contributed by atoms with van der Waals surface area (Å²) in [7, 11) is 3.13. The van der Waals surface area contributed by atoms with Crippen LogP contribution in [0.5, 0.6) is 11.5 Å². The molecule has 5 nitrogen and oxygen atoms in total. The molecule has 22 heavy (non-hydrogen) atoms. The van der Waals surface area contributed by atoms with Gasteiger partial charge in [-0.15, -0.1) is 11.3 Å². The van der Waals surface area contributed by atoms with Crippen molar-refractivity contribution in [2.75, 3.05) is 14.2 Å². The molecule has 0 radical (unpaired) electrons. The Balaban J connectivity index is 2.13. The third-order valence-corrected chi connectivity index (χ3v) is 3.85. The first-order valence-corrected chi connectivity index (χ1v) is 7.18. The minimum absolute atomic E-state index is 0.257. The van der Waals surface area contributed by atoms with Gasteiger partial charge in [0.25, 0.3) is 5.91 Å². The molecule has 0 saturated heterocycles. The Bertz CT molecular complexity index is 713. The second kappa shape index (κ2) is 7.04. The Morgan fingerprint density at radius 3 is 2.64 bits per heavy atom. The van der Waals surface area contributed by atoms with Gasteiger partial charge in [-0.05, 0) is 31.2 Å². The van der Waals surface area contributed by atoms with E-state index >= 15 is 0 Å². The number of amides is 1. The van der Waals surface area contributed by atoms with E-state index in [1.807, 2.05) is 6.92 Å². The van der Waals surface area contributed by atoms with Crippen molar-refractivity contribution in [3.63, 3.8) is 0 Å². The molecule has 1 N–H and O–H groups in total. The van der Waals surface area contributed by atoms with Gasteiger partial charge in [-0.1, -0.05) is 0 Å². The molecule has 1 aromatic heterocycles. The molecule has 0 unspecified atom stereocenters. The highest BCUT2D eigenvalue weighted by molar-refractivity contribution is 7.12. The standard InChI is InChI=1S/C15H15FN2O3S/c1-9-11(20-2)5-4-10(14(9)21-3)8-17-18-15(19)12-6-7-13(16)22-12/h4-8H,1-3H3,(H,18,19). The summed E-state index contributed by atoms with van der Waals surface area (Å²) in [4.78, 5) is 12.0. The third kappa shape index (κ3) is 3.43. The van der Waals surface area contributed by atoms with Crippen LogP contribution < -0.4 is 14.9 Å². The largest absolute Gasteiger partial charge is 0.496 e. The predicted molar refractivity (Wildman–Crippen MR) is 83.6 cm³/mol. The molecule has 2 aromatic rings. The summed E-state index contributed by atoms with van der Waals surface area (Å²) in [6, 6.07) is 6.20. The van der Waals surface area contributed by atoms with E-state index < -0.39 is 11.0 Å². The Hall–Kier alpha value is -2.41. The average molecular weight is 322 g/mol. The summed E-state index contributed by atoms with van der Waals surface area (Å²) in [5.74, 6) is 0.848. The first kappa shape index (κ1) is 16.0. The number of rotatable bonds is 5. The first-order chi connectivity index (χ1) is 10.6. The Kier molecular flexibility index (Phi) is 5.11. The third-order valence-electron chi connectivity index (χ3n) is 2.98. The zero-order valence-electron chi connectivity index (χ0n) is 12.3. The smallest absolute Gasteiger partial charge is 0.281 e. The molecule has 0 atom stereocenters. The normalized spacial score (nSPS) is 10.7. The number of carbonyl (C=O) groups is 1. The maximum absolute atomic E-state index is 12.9. The summed E-state index contributed by atoms with van der Waals surface area (Å²) in [5, 5.41) is 3.46. The predicted octanol–water partition coefficient (Wildman–Crippen LogP) is 2.98. The number of methoxy groups -OCH3 is 2. The number of nitrogens with zero attached hydrogens (tertiary/aromatic N) is 1. The van der Waals surface area contributed by atoms with Crippen molar-refractivity contribution in [1.29, 1.82) is 0 Å². The maximum atomic E-state index is 12.9. The SMILES string of the molecule is COc1ccc(C=NNC(=O)c2ccc(F)s2)c(OC)c1C. The van der Waals surface area contributed by atoms with Crippen molar-refractivity contribution in [2.45, 2.75) is 6.92 Å². The molecule has 7 heteroatoms. The van der Waals surface area contributed by atoms with Gasteiger partial charge in [-0.3, -0.25) is 4.79 Å². The minimum Gasteiger partial charge on any atom is -0.496 e. The molecule has 1 aromatic carbocycles. The number of carbonyl (C=O) groups excluding carboxylic acids is 1. The van der Waals surface area contributed by atoms with Gasteiger partial charge in [0.05, 0.1) is 25.3 Å². The van der Waals surface area contributed by atoms with Gasteiger partial charge >= 0.3 is 0 Å². The van der Waals surface area contributed by atoms with E-state index in [0.29, 0.717) is 17.1 Å². The maximum Gasteiger partial charge on any atom is 0.281 e. The molecule has 0 fully saturated rings. The summed E-state index contributed by atoms with van der Waals surface area (Å²) < 4.78 is 23.4. The van der Waals surface area contributed by atoms with Crippen LogP contribution in [0.2, 0.25) is 0 Å². The highest BCUT2D eigenvalue weighted by Crippen LogP contribution is 2.30. The van der Waals surface area contributed by atoms with Crippen molar-refractivity contribution in [1.82, 2.24) is 5.43 Å². The number of hydrogen-bond donors (Lipinski definition) is 1. The molecule has 1 amide bonds. The molecular weight excluding hydrogens is 307 g/mol. The lowest BCUT2D eigenvalue weighted by molar-refractivity contribution is 0.0959. The molecule has 1 heterocycles. The van der Waals surface area contributed by atoms with Gasteiger partial charge in [0, 0.05) is 11.1 Å². The highest BCUT2D eigenvalue weighted by atomic mass is 32.1. The lowest BCUT2D eigenvalue weighted by Gasteiger charge is -2.11. The molecule has 0 saturated carbocycles. The van der Waals surface area contributed by atoms with Gasteiger partial charge in [-0.25, -0.2) is 5.43 Å². The van der Waals surface area contributed by atoms with Crippen LogP contribution in [0.1, 0.15) is 20.8 Å². The topological polar surface area (TPSA) is 59.9 Å². The van der Waals surface area contributed by atoms with E-state index in [2.05, 4.69) is 10.5 Å². The average Bonchev–Trinajstić information content (AvgIpc) is 2.94. The number of hydrazone groups is 1. The number of hydrogen-bond acceptors (Lipinski definition) is 5. The summed E-state index contributed by atoms with van der Waals surface area (Å²) >= 11 is 0.763. The van der Waals surface area contributed by atoms with E-state index in [-0.39, 0.29) is 4.88 Å². The Morgan fingerprint density at radius 2 is 2.05 bits per heavy atom. The summed E-state index contributed by atoms with van der Waals surface area (Å²) in [6.07, 6.45) is 1.47. The van der Waals surface area contributed by atoms with Crippen LogP contribution in [0.25, 0.3) is 0 Å². The fourth-order valence-electron chi connectivity index (χ4n) is 1.94. The Labute approximate surface area is 131 Å². The number of halogens is 1. The lowest BCUT2D eigenvalue weighted by Crippen LogP contribution is -2.16. The molecule has 116 valence electrons. The second-order valence-corrected chi connectivity index (χ2v) is 5.35. The van der Waals surface area contributed by atoms with E-state index in [0.717, 1.165) is 16.9 Å². The van der Waals surface area contributed by atoms with Crippen molar-refractivity contribution in [3.05, 3.63) is 45.4 Å².